The Morgan fingerprint density at radius 2 is 2.22 bits per heavy atom. The van der Waals surface area contributed by atoms with Gasteiger partial charge in [-0.25, -0.2) is 13.1 Å². The molecule has 1 aromatic heterocycles. The van der Waals surface area contributed by atoms with Crippen molar-refractivity contribution in [1.29, 1.82) is 0 Å². The molecule has 8 heteroatoms. The first kappa shape index (κ1) is 16.5. The van der Waals surface area contributed by atoms with E-state index >= 15 is 0 Å². The molecular formula is C15H23N3O4S. The fraction of sp³-hybridized carbons (Fsp3) is 0.667. The summed E-state index contributed by atoms with van der Waals surface area (Å²) < 4.78 is 33.8. The van der Waals surface area contributed by atoms with E-state index in [4.69, 9.17) is 4.42 Å². The van der Waals surface area contributed by atoms with Gasteiger partial charge in [-0.3, -0.25) is 4.79 Å². The van der Waals surface area contributed by atoms with Crippen molar-refractivity contribution >= 4 is 15.9 Å². The molecule has 1 aliphatic carbocycles. The van der Waals surface area contributed by atoms with E-state index in [-0.39, 0.29) is 16.6 Å². The van der Waals surface area contributed by atoms with Crippen LogP contribution in [0, 0.1) is 12.8 Å². The molecular weight excluding hydrogens is 318 g/mol. The van der Waals surface area contributed by atoms with Crippen molar-refractivity contribution in [3.8, 4) is 0 Å². The van der Waals surface area contributed by atoms with Crippen LogP contribution in [0.25, 0.3) is 0 Å². The Kier molecular flexibility index (Phi) is 4.02. The van der Waals surface area contributed by atoms with Crippen LogP contribution >= 0.6 is 0 Å². The second-order valence-electron chi connectivity index (χ2n) is 6.74. The SMILES string of the molecule is Cc1c(S(=O)(=O)N[C@]23CCC[C@H]2CNC3)coc1C(=O)N(C)C. The van der Waals surface area contributed by atoms with Gasteiger partial charge >= 0.3 is 0 Å². The number of carbonyl (C=O) groups is 1. The molecule has 7 nitrogen and oxygen atoms in total. The van der Waals surface area contributed by atoms with Gasteiger partial charge in [0.15, 0.2) is 5.76 Å². The molecule has 128 valence electrons. The maximum atomic E-state index is 12.8. The quantitative estimate of drug-likeness (QED) is 0.841. The van der Waals surface area contributed by atoms with Crippen molar-refractivity contribution in [3.05, 3.63) is 17.6 Å². The number of sulfonamides is 1. The highest BCUT2D eigenvalue weighted by molar-refractivity contribution is 7.89. The summed E-state index contributed by atoms with van der Waals surface area (Å²) in [6.45, 7) is 3.10. The lowest BCUT2D eigenvalue weighted by Gasteiger charge is -2.29. The van der Waals surface area contributed by atoms with Crippen LogP contribution in [0.5, 0.6) is 0 Å². The molecule has 2 fully saturated rings. The molecule has 1 amide bonds. The molecule has 23 heavy (non-hydrogen) atoms. The summed E-state index contributed by atoms with van der Waals surface area (Å²) in [5, 5.41) is 3.28. The van der Waals surface area contributed by atoms with E-state index in [0.29, 0.717) is 18.0 Å². The number of amides is 1. The normalized spacial score (nSPS) is 27.2. The van der Waals surface area contributed by atoms with Gasteiger partial charge in [-0.05, 0) is 32.2 Å². The summed E-state index contributed by atoms with van der Waals surface area (Å²) in [5.41, 5.74) is -0.0537. The predicted octanol–water partition coefficient (Wildman–Crippen LogP) is 0.710. The van der Waals surface area contributed by atoms with E-state index in [9.17, 15) is 13.2 Å². The average Bonchev–Trinajstić information content (AvgIpc) is 3.10. The van der Waals surface area contributed by atoms with Crippen LogP contribution in [0.2, 0.25) is 0 Å². The van der Waals surface area contributed by atoms with Gasteiger partial charge in [-0.1, -0.05) is 6.42 Å². The third-order valence-corrected chi connectivity index (χ3v) is 6.67. The van der Waals surface area contributed by atoms with Crippen molar-refractivity contribution in [1.82, 2.24) is 14.9 Å². The lowest BCUT2D eigenvalue weighted by molar-refractivity contribution is 0.0795. The monoisotopic (exact) mass is 341 g/mol. The number of carbonyl (C=O) groups excluding carboxylic acids is 1. The Labute approximate surface area is 136 Å². The molecule has 2 heterocycles. The van der Waals surface area contributed by atoms with Crippen molar-refractivity contribution in [2.45, 2.75) is 36.6 Å². The lowest BCUT2D eigenvalue weighted by atomic mass is 9.92. The molecule has 3 rings (SSSR count). The Morgan fingerprint density at radius 1 is 1.48 bits per heavy atom. The first-order chi connectivity index (χ1) is 10.8. The van der Waals surface area contributed by atoms with E-state index in [1.807, 2.05) is 0 Å². The smallest absolute Gasteiger partial charge is 0.289 e. The number of nitrogens with one attached hydrogen (secondary N) is 2. The highest BCUT2D eigenvalue weighted by Gasteiger charge is 2.49. The van der Waals surface area contributed by atoms with E-state index in [2.05, 4.69) is 10.0 Å². The Hall–Kier alpha value is -1.38. The van der Waals surface area contributed by atoms with Gasteiger partial charge in [0, 0.05) is 31.7 Å². The second-order valence-corrected chi connectivity index (χ2v) is 8.39. The number of fused-ring (bicyclic) bond motifs is 1. The fourth-order valence-corrected chi connectivity index (χ4v) is 5.37. The van der Waals surface area contributed by atoms with Gasteiger partial charge in [-0.2, -0.15) is 0 Å². The zero-order chi connectivity index (χ0) is 16.8. The molecule has 2 N–H and O–H groups in total. The molecule has 1 aliphatic heterocycles. The van der Waals surface area contributed by atoms with Crippen molar-refractivity contribution in [3.63, 3.8) is 0 Å². The minimum Gasteiger partial charge on any atom is -0.457 e. The second kappa shape index (κ2) is 5.61. The molecule has 2 aliphatic rings. The van der Waals surface area contributed by atoms with Crippen LogP contribution < -0.4 is 10.0 Å². The van der Waals surface area contributed by atoms with Gasteiger partial charge in [0.05, 0.1) is 0 Å². The summed E-state index contributed by atoms with van der Waals surface area (Å²) in [6, 6.07) is 0. The van der Waals surface area contributed by atoms with E-state index in [0.717, 1.165) is 32.1 Å². The van der Waals surface area contributed by atoms with Crippen LogP contribution in [0.15, 0.2) is 15.6 Å². The number of furan rings is 1. The molecule has 0 unspecified atom stereocenters. The van der Waals surface area contributed by atoms with Crippen molar-refractivity contribution in [2.75, 3.05) is 27.2 Å². The summed E-state index contributed by atoms with van der Waals surface area (Å²) in [4.78, 5) is 13.5. The van der Waals surface area contributed by atoms with Crippen LogP contribution in [-0.4, -0.2) is 51.9 Å². The van der Waals surface area contributed by atoms with Crippen molar-refractivity contribution in [2.24, 2.45) is 5.92 Å². The maximum Gasteiger partial charge on any atom is 0.289 e. The van der Waals surface area contributed by atoms with Crippen LogP contribution in [0.3, 0.4) is 0 Å². The molecule has 1 aromatic rings. The van der Waals surface area contributed by atoms with Gasteiger partial charge in [0.1, 0.15) is 11.2 Å². The van der Waals surface area contributed by atoms with Gasteiger partial charge in [0.25, 0.3) is 5.91 Å². The minimum atomic E-state index is -3.73. The number of nitrogens with zero attached hydrogens (tertiary/aromatic N) is 1. The molecule has 0 aromatic carbocycles. The molecule has 1 saturated carbocycles. The molecule has 2 atom stereocenters. The fourth-order valence-electron chi connectivity index (χ4n) is 3.72. The van der Waals surface area contributed by atoms with Gasteiger partial charge < -0.3 is 14.6 Å². The maximum absolute atomic E-state index is 12.8. The highest BCUT2D eigenvalue weighted by Crippen LogP contribution is 2.39. The summed E-state index contributed by atoms with van der Waals surface area (Å²) in [7, 11) is -0.530. The van der Waals surface area contributed by atoms with Gasteiger partial charge in [0.2, 0.25) is 10.0 Å². The van der Waals surface area contributed by atoms with Crippen molar-refractivity contribution < 1.29 is 17.6 Å². The van der Waals surface area contributed by atoms with Crippen LogP contribution in [0.4, 0.5) is 0 Å². The Morgan fingerprint density at radius 3 is 2.91 bits per heavy atom. The standard InChI is InChI=1S/C15H23N3O4S/c1-10-12(8-22-13(10)14(19)18(2)3)23(20,21)17-15-6-4-5-11(15)7-16-9-15/h8,11,16-17H,4-7,9H2,1-3H3/t11-,15-/m0/s1. The Bertz CT molecular complexity index is 713. The lowest BCUT2D eigenvalue weighted by Crippen LogP contribution is -2.51. The Balaban J connectivity index is 1.90. The molecule has 0 radical (unpaired) electrons. The third kappa shape index (κ3) is 2.68. The minimum absolute atomic E-state index is 0.0506. The summed E-state index contributed by atoms with van der Waals surface area (Å²) >= 11 is 0. The predicted molar refractivity (Wildman–Crippen MR) is 84.7 cm³/mol. The largest absolute Gasteiger partial charge is 0.457 e. The molecule has 0 spiro atoms. The van der Waals surface area contributed by atoms with Gasteiger partial charge in [-0.15, -0.1) is 0 Å². The first-order valence-corrected chi connectivity index (χ1v) is 9.29. The number of hydrogen-bond donors (Lipinski definition) is 2. The highest BCUT2D eigenvalue weighted by atomic mass is 32.2. The average molecular weight is 341 g/mol. The molecule has 1 saturated heterocycles. The zero-order valence-electron chi connectivity index (χ0n) is 13.7. The topological polar surface area (TPSA) is 91.6 Å². The third-order valence-electron chi connectivity index (χ3n) is 5.01. The van der Waals surface area contributed by atoms with E-state index in [1.54, 1.807) is 21.0 Å². The number of hydrogen-bond acceptors (Lipinski definition) is 5. The van der Waals surface area contributed by atoms with Crippen LogP contribution in [-0.2, 0) is 10.0 Å². The molecule has 0 bridgehead atoms. The number of rotatable bonds is 4. The van der Waals surface area contributed by atoms with Crippen LogP contribution in [0.1, 0.15) is 35.4 Å². The van der Waals surface area contributed by atoms with E-state index in [1.165, 1.54) is 4.90 Å². The summed E-state index contributed by atoms with van der Waals surface area (Å²) in [6.07, 6.45) is 4.06. The van der Waals surface area contributed by atoms with E-state index < -0.39 is 15.6 Å². The first-order valence-electron chi connectivity index (χ1n) is 7.81. The summed E-state index contributed by atoms with van der Waals surface area (Å²) in [5.74, 6) is 0.0520. The zero-order valence-corrected chi connectivity index (χ0v) is 14.5.